The zero-order valence-corrected chi connectivity index (χ0v) is 103. The summed E-state index contributed by atoms with van der Waals surface area (Å²) >= 11 is 26.8. The predicted molar refractivity (Wildman–Crippen MR) is 618 cm³/mol. The van der Waals surface area contributed by atoms with Crippen molar-refractivity contribution in [2.75, 3.05) is 0 Å². The van der Waals surface area contributed by atoms with E-state index in [-0.39, 0.29) is 18.3 Å². The van der Waals surface area contributed by atoms with Gasteiger partial charge in [-0.2, -0.15) is 0 Å². The third kappa shape index (κ3) is 25.3. The second kappa shape index (κ2) is 51.4. The van der Waals surface area contributed by atoms with Crippen LogP contribution >= 0.6 is 168 Å². The first-order valence-electron chi connectivity index (χ1n) is 51.5. The molecule has 0 spiro atoms. The first-order valence-corrected chi connectivity index (χ1v) is 82.8. The fraction of sp³-hybridized carbons (Fsp3) is 0.640. The van der Waals surface area contributed by atoms with Crippen molar-refractivity contribution in [2.24, 2.45) is 47.3 Å². The SMILES string of the molecule is C.CCCCC(CC)C1(C(CC)CCCC)c2cc(Br)sc2-c2sc(Br)cc21.CCCCC(CC)Cc1c[c]([Sn]([CH3])([CH3])[CH3])sc1-c1nc2sc(-c3s[c]([Sn]([CH3])([CH3])[CH3])cc3CC(CC)CCCC)nc2s1.CCCCC(CC)Cc1cc(C)sc1-c1nc2sc(-c3sc(-c4cc5c(s4)-c4sc(C)cc4C5(C(CC)CCCC)C(CC)CCCC)cc3CC(CC)CCCC)nc2s1. The van der Waals surface area contributed by atoms with Gasteiger partial charge < -0.3 is 0 Å². The summed E-state index contributed by atoms with van der Waals surface area (Å²) in [6.45, 7) is 42.7. The molecule has 0 amide bonds. The number of halogens is 2. The molecule has 722 valence electrons. The predicted octanol–water partition coefficient (Wildman–Crippen LogP) is 42.3. The molecule has 0 aliphatic heterocycles. The Labute approximate surface area is 869 Å². The molecule has 131 heavy (non-hydrogen) atoms. The number of nitrogens with zero attached hydrogens (tertiary/aromatic N) is 4. The Morgan fingerprint density at radius 1 is 0.275 bits per heavy atom. The van der Waals surface area contributed by atoms with Crippen LogP contribution in [0.25, 0.3) is 88.1 Å². The van der Waals surface area contributed by atoms with Gasteiger partial charge in [-0.15, -0.1) is 68.0 Å². The minimum Gasteiger partial charge on any atom is -0.222 e. The van der Waals surface area contributed by atoms with Gasteiger partial charge in [0.1, 0.15) is 10.0 Å². The normalized spacial score (nSPS) is 16.0. The van der Waals surface area contributed by atoms with Gasteiger partial charge in [0.25, 0.3) is 0 Å². The largest absolute Gasteiger partial charge is 0.222 e. The maximum Gasteiger partial charge on any atom is 0.155 e. The zero-order chi connectivity index (χ0) is 93.5. The average Bonchev–Trinajstić information content (AvgIpc) is 1.53. The summed E-state index contributed by atoms with van der Waals surface area (Å²) in [5.74, 6) is 5.76. The van der Waals surface area contributed by atoms with Crippen LogP contribution in [0.5, 0.6) is 0 Å². The van der Waals surface area contributed by atoms with Crippen LogP contribution in [0.4, 0.5) is 0 Å². The molecule has 0 saturated heterocycles. The Kier molecular flexibility index (Phi) is 43.4. The number of unbranched alkanes of at least 4 members (excludes halogenated alkanes) is 8. The Bertz CT molecular complexity index is 5250. The molecule has 0 radical (unpaired) electrons. The maximum absolute atomic E-state index is 5.47. The number of aromatic nitrogens is 4. The molecule has 2 aliphatic carbocycles. The van der Waals surface area contributed by atoms with Gasteiger partial charge in [-0.25, -0.2) is 9.97 Å². The first kappa shape index (κ1) is 111. The van der Waals surface area contributed by atoms with E-state index in [0.717, 1.165) is 61.8 Å². The molecule has 8 unspecified atom stereocenters. The molecule has 12 heterocycles. The Balaban J connectivity index is 0.000000205. The quantitative estimate of drug-likeness (QED) is 0.0357. The standard InChI is InChI=1S/C53H74N2S6.C28H36N2S4.C23H32Br2S2.CH4.6CH3.2Sn/c1-11-19-23-35(15-5)29-37-27-33(9)56-45(37)49-54-51-52(60-49)55-50(61-51)46-38(30-36(16-6)24-20-12-2)31-43(58-46)44-32-42-48(59-44)47-41(28-34(10)57-47)53(42,39(17-7)25-21-13-3)40(18-8)26-22-14-4;1-5-9-11-19(7-3)17-21-13-15-31-23(21)25-29-27-28(33-25)30-26(34-27)24-22(14-16-32-24)18-20(8-4)12-10-6-2;1-5-9-11-15(7-3)23(16(8-4)12-10-6-2)17-13-19(24)26-21(17)22-18(23)14-20(25)27-22;;;;;;;;;/h27-28,31-32,35-36,39-40H,11-26,29-30H2,1-10H3;13-14,19-20H,5-12,17-18H2,1-4H3;13-16H,5-12H2,1-4H3;1H4;6*1H3;;. The van der Waals surface area contributed by atoms with Crippen molar-refractivity contribution in [3.8, 4) is 68.8 Å². The Morgan fingerprint density at radius 3 is 0.847 bits per heavy atom. The summed E-state index contributed by atoms with van der Waals surface area (Å²) in [5.41, 5.74) is 13.1. The van der Waals surface area contributed by atoms with Crippen LogP contribution in [0.1, 0.15) is 378 Å². The summed E-state index contributed by atoms with van der Waals surface area (Å²) in [6, 6.07) is 20.5. The number of aryl methyl sites for hydroxylation is 2. The number of thiazole rings is 4. The molecule has 8 atom stereocenters. The van der Waals surface area contributed by atoms with Crippen LogP contribution in [-0.4, -0.2) is 56.7 Å². The first-order chi connectivity index (χ1) is 62.6. The summed E-state index contributed by atoms with van der Waals surface area (Å²) in [4.78, 5) is 59.0. The number of thiophene rings is 8. The minimum absolute atomic E-state index is 0. The Hall–Kier alpha value is -0.803. The molecule has 0 N–H and O–H groups in total. The van der Waals surface area contributed by atoms with E-state index < -0.39 is 36.8 Å². The number of fused-ring (bicyclic) bond motifs is 8. The van der Waals surface area contributed by atoms with Crippen LogP contribution < -0.4 is 5.79 Å². The van der Waals surface area contributed by atoms with Gasteiger partial charge in [0.05, 0.1) is 17.3 Å². The average molecular weight is 2340 g/mol. The monoisotopic (exact) mass is 2330 g/mol. The van der Waals surface area contributed by atoms with Crippen molar-refractivity contribution in [1.82, 2.24) is 19.9 Å². The van der Waals surface area contributed by atoms with Gasteiger partial charge in [0.15, 0.2) is 9.66 Å². The van der Waals surface area contributed by atoms with E-state index in [1.165, 1.54) is 306 Å². The summed E-state index contributed by atoms with van der Waals surface area (Å²) in [6.07, 6.45) is 46.2. The van der Waals surface area contributed by atoms with Crippen molar-refractivity contribution in [2.45, 2.75) is 404 Å². The summed E-state index contributed by atoms with van der Waals surface area (Å²) < 4.78 is 5.96. The van der Waals surface area contributed by atoms with Gasteiger partial charge in [0, 0.05) is 49.8 Å². The number of hydrogen-bond acceptors (Lipinski definition) is 16. The molecule has 4 nitrogen and oxygen atoms in total. The molecule has 0 fully saturated rings. The summed E-state index contributed by atoms with van der Waals surface area (Å²) in [7, 11) is 0. The van der Waals surface area contributed by atoms with Crippen molar-refractivity contribution in [3.63, 3.8) is 0 Å². The van der Waals surface area contributed by atoms with Crippen molar-refractivity contribution in [1.29, 1.82) is 0 Å². The second-order valence-corrected chi connectivity index (χ2v) is 87.0. The molecule has 0 bridgehead atoms. The molecular weight excluding hydrogens is 2170 g/mol. The van der Waals surface area contributed by atoms with Gasteiger partial charge in [-0.05, 0) is 190 Å². The zero-order valence-electron chi connectivity index (χ0n) is 84.1. The molecule has 12 aromatic heterocycles. The topological polar surface area (TPSA) is 51.6 Å². The van der Waals surface area contributed by atoms with E-state index in [1.807, 2.05) is 90.7 Å². The van der Waals surface area contributed by atoms with Crippen LogP contribution in [-0.2, 0) is 36.5 Å². The Morgan fingerprint density at radius 2 is 0.527 bits per heavy atom. The molecule has 20 heteroatoms. The molecule has 0 aromatic carbocycles. The van der Waals surface area contributed by atoms with Gasteiger partial charge in [-0.1, -0.05) is 242 Å². The number of rotatable bonds is 51. The van der Waals surface area contributed by atoms with E-state index in [2.05, 4.69) is 280 Å². The molecule has 14 rings (SSSR count). The van der Waals surface area contributed by atoms with E-state index >= 15 is 0 Å². The van der Waals surface area contributed by atoms with Crippen LogP contribution in [0.3, 0.4) is 0 Å². The van der Waals surface area contributed by atoms with Crippen molar-refractivity contribution >= 4 is 230 Å². The fourth-order valence-corrected chi connectivity index (χ4v) is 47.7. The van der Waals surface area contributed by atoms with Crippen LogP contribution in [0.15, 0.2) is 56.1 Å². The van der Waals surface area contributed by atoms with Gasteiger partial charge in [-0.3, -0.25) is 0 Å². The van der Waals surface area contributed by atoms with Crippen molar-refractivity contribution in [3.05, 3.63) is 110 Å². The molecule has 0 saturated carbocycles. The minimum atomic E-state index is -2.19. The molecule has 2 aliphatic rings. The van der Waals surface area contributed by atoms with E-state index in [9.17, 15) is 0 Å². The van der Waals surface area contributed by atoms with Crippen LogP contribution in [0, 0.1) is 61.2 Å². The number of hydrogen-bond donors (Lipinski definition) is 0. The third-order valence-electron chi connectivity index (χ3n) is 29.4. The second-order valence-electron chi connectivity index (χ2n) is 40.7. The van der Waals surface area contributed by atoms with Crippen LogP contribution in [0.2, 0.25) is 29.6 Å². The van der Waals surface area contributed by atoms with Gasteiger partial charge >= 0.3 is 284 Å². The summed E-state index contributed by atoms with van der Waals surface area (Å²) in [5, 5.41) is 4.78. The smallest absolute Gasteiger partial charge is 0.155 e. The van der Waals surface area contributed by atoms with E-state index in [1.54, 1.807) is 48.9 Å². The molecule has 12 aromatic rings. The maximum atomic E-state index is 5.47. The van der Waals surface area contributed by atoms with Gasteiger partial charge in [0.2, 0.25) is 0 Å². The molecular formula is C111H164Br2N4S12Sn2. The third-order valence-corrected chi connectivity index (χ3v) is 63.5. The fourth-order valence-electron chi connectivity index (χ4n) is 21.9. The van der Waals surface area contributed by atoms with E-state index in [0.29, 0.717) is 17.8 Å². The van der Waals surface area contributed by atoms with Crippen molar-refractivity contribution < 1.29 is 0 Å². The van der Waals surface area contributed by atoms with E-state index in [4.69, 9.17) is 19.9 Å².